The van der Waals surface area contributed by atoms with Gasteiger partial charge in [-0.3, -0.25) is 9.99 Å². The number of nitrogens with zero attached hydrogens (tertiary/aromatic N) is 6. The summed E-state index contributed by atoms with van der Waals surface area (Å²) < 4.78 is 28.6. The van der Waals surface area contributed by atoms with Crippen LogP contribution in [-0.2, 0) is 16.8 Å². The van der Waals surface area contributed by atoms with E-state index in [0.29, 0.717) is 12.1 Å². The Hall–Kier alpha value is -4.27. The highest BCUT2D eigenvalue weighted by Crippen LogP contribution is 2.29. The fourth-order valence-corrected chi connectivity index (χ4v) is 3.52. The van der Waals surface area contributed by atoms with Gasteiger partial charge in [0, 0.05) is 18.0 Å². The minimum Gasteiger partial charge on any atom is -0.371 e. The monoisotopic (exact) mass is 447 g/mol. The molecule has 0 bridgehead atoms. The molecule has 0 spiro atoms. The first kappa shape index (κ1) is 21.0. The van der Waals surface area contributed by atoms with Crippen LogP contribution in [0, 0.1) is 11.3 Å². The summed E-state index contributed by atoms with van der Waals surface area (Å²) >= 11 is 0. The molecule has 0 aliphatic heterocycles. The van der Waals surface area contributed by atoms with Crippen LogP contribution in [0.15, 0.2) is 79.6 Å². The third-order valence-corrected chi connectivity index (χ3v) is 4.99. The number of hydrogen-bond donors (Lipinski definition) is 1. The third-order valence-electron chi connectivity index (χ3n) is 4.57. The Bertz CT molecular complexity index is 1350. The average molecular weight is 447 g/mol. The molecule has 32 heavy (non-hydrogen) atoms. The molecular formula is C21H17N7O3S. The fourth-order valence-electron chi connectivity index (χ4n) is 3.14. The van der Waals surface area contributed by atoms with Gasteiger partial charge in [-0.25, -0.2) is 4.68 Å². The second-order valence-electron chi connectivity index (χ2n) is 6.70. The van der Waals surface area contributed by atoms with Crippen molar-refractivity contribution in [1.29, 1.82) is 5.26 Å². The van der Waals surface area contributed by atoms with Gasteiger partial charge in [-0.1, -0.05) is 12.1 Å². The molecule has 0 amide bonds. The smallest absolute Gasteiger partial charge is 0.371 e. The van der Waals surface area contributed by atoms with E-state index in [1.807, 2.05) is 29.3 Å². The lowest BCUT2D eigenvalue weighted by Gasteiger charge is -2.26. The van der Waals surface area contributed by atoms with E-state index in [4.69, 9.17) is 5.14 Å². The maximum absolute atomic E-state index is 11.1. The lowest BCUT2D eigenvalue weighted by molar-refractivity contribution is 0.487. The van der Waals surface area contributed by atoms with Crippen molar-refractivity contribution in [2.75, 3.05) is 5.01 Å². The Labute approximate surface area is 184 Å². The quantitative estimate of drug-likeness (QED) is 0.455. The van der Waals surface area contributed by atoms with E-state index in [1.54, 1.807) is 47.9 Å². The maximum Gasteiger partial charge on any atom is 0.380 e. The molecule has 0 fully saturated rings. The van der Waals surface area contributed by atoms with Crippen LogP contribution < -0.4 is 14.3 Å². The van der Waals surface area contributed by atoms with Gasteiger partial charge in [0.2, 0.25) is 0 Å². The zero-order valence-corrected chi connectivity index (χ0v) is 17.4. The second-order valence-corrected chi connectivity index (χ2v) is 7.85. The van der Waals surface area contributed by atoms with Crippen LogP contribution in [0.1, 0.15) is 11.1 Å². The fraction of sp³-hybridized carbons (Fsp3) is 0.0476. The highest BCUT2D eigenvalue weighted by Gasteiger charge is 2.14. The standard InChI is InChI=1S/C21H17N7O3S/c22-12-18-3-4-19(11-21(18)17-7-9-24-10-8-17)28(27-14-25-26-15-27)13-16-1-5-20(6-2-16)31-32(23,29)30/h1-11,14-15H,13H2,(H2,23,29,30). The van der Waals surface area contributed by atoms with E-state index in [1.165, 1.54) is 12.1 Å². The number of pyridine rings is 1. The van der Waals surface area contributed by atoms with Gasteiger partial charge < -0.3 is 4.18 Å². The molecule has 10 nitrogen and oxygen atoms in total. The molecule has 160 valence electrons. The van der Waals surface area contributed by atoms with E-state index in [9.17, 15) is 13.7 Å². The molecule has 0 saturated heterocycles. The summed E-state index contributed by atoms with van der Waals surface area (Å²) in [6, 6.07) is 17.9. The average Bonchev–Trinajstić information content (AvgIpc) is 3.32. The van der Waals surface area contributed by atoms with E-state index in [-0.39, 0.29) is 5.75 Å². The highest BCUT2D eigenvalue weighted by atomic mass is 32.2. The summed E-state index contributed by atoms with van der Waals surface area (Å²) in [5.41, 5.74) is 3.82. The number of benzene rings is 2. The third kappa shape index (κ3) is 4.89. The molecule has 0 atom stereocenters. The molecule has 2 heterocycles. The van der Waals surface area contributed by atoms with Crippen LogP contribution in [0.4, 0.5) is 5.69 Å². The number of aromatic nitrogens is 4. The Morgan fingerprint density at radius 3 is 2.34 bits per heavy atom. The molecule has 0 aliphatic rings. The summed E-state index contributed by atoms with van der Waals surface area (Å²) in [4.78, 5) is 4.04. The molecule has 0 unspecified atom stereocenters. The van der Waals surface area contributed by atoms with Crippen LogP contribution in [0.3, 0.4) is 0 Å². The number of rotatable bonds is 7. The van der Waals surface area contributed by atoms with Gasteiger partial charge in [0.15, 0.2) is 0 Å². The maximum atomic E-state index is 11.1. The number of nitrogens with two attached hydrogens (primary N) is 1. The van der Waals surface area contributed by atoms with Crippen LogP contribution in [-0.4, -0.2) is 28.3 Å². The van der Waals surface area contributed by atoms with Crippen LogP contribution in [0.5, 0.6) is 5.75 Å². The predicted octanol–water partition coefficient (Wildman–Crippen LogP) is 2.26. The lowest BCUT2D eigenvalue weighted by Crippen LogP contribution is -2.28. The van der Waals surface area contributed by atoms with Crippen LogP contribution >= 0.6 is 0 Å². The molecule has 0 radical (unpaired) electrons. The van der Waals surface area contributed by atoms with Crippen molar-refractivity contribution >= 4 is 16.0 Å². The van der Waals surface area contributed by atoms with E-state index in [2.05, 4.69) is 25.4 Å². The molecular weight excluding hydrogens is 430 g/mol. The second kappa shape index (κ2) is 8.84. The summed E-state index contributed by atoms with van der Waals surface area (Å²) in [6.07, 6.45) is 6.46. The van der Waals surface area contributed by atoms with Gasteiger partial charge in [0.05, 0.1) is 23.9 Å². The van der Waals surface area contributed by atoms with Gasteiger partial charge in [-0.05, 0) is 53.6 Å². The molecule has 0 aliphatic carbocycles. The minimum atomic E-state index is -4.09. The molecule has 2 N–H and O–H groups in total. The topological polar surface area (TPSA) is 140 Å². The van der Waals surface area contributed by atoms with E-state index in [0.717, 1.165) is 22.4 Å². The van der Waals surface area contributed by atoms with Crippen LogP contribution in [0.25, 0.3) is 11.1 Å². The molecule has 0 saturated carbocycles. The Kier molecular flexibility index (Phi) is 5.80. The Morgan fingerprint density at radius 2 is 1.72 bits per heavy atom. The van der Waals surface area contributed by atoms with Crippen molar-refractivity contribution in [3.63, 3.8) is 0 Å². The number of nitriles is 1. The van der Waals surface area contributed by atoms with Gasteiger partial charge in [-0.2, -0.15) is 18.8 Å². The minimum absolute atomic E-state index is 0.116. The lowest BCUT2D eigenvalue weighted by atomic mass is 10.0. The largest absolute Gasteiger partial charge is 0.380 e. The summed E-state index contributed by atoms with van der Waals surface area (Å²) in [6.45, 7) is 0.398. The Balaban J connectivity index is 1.70. The van der Waals surface area contributed by atoms with Crippen molar-refractivity contribution < 1.29 is 12.6 Å². The predicted molar refractivity (Wildman–Crippen MR) is 116 cm³/mol. The summed E-state index contributed by atoms with van der Waals surface area (Å²) in [7, 11) is -4.09. The molecule has 2 aromatic heterocycles. The first-order valence-electron chi connectivity index (χ1n) is 9.31. The summed E-state index contributed by atoms with van der Waals surface area (Å²) in [5, 5.41) is 24.2. The van der Waals surface area contributed by atoms with Gasteiger partial charge in [0.1, 0.15) is 18.4 Å². The highest BCUT2D eigenvalue weighted by molar-refractivity contribution is 7.84. The van der Waals surface area contributed by atoms with Crippen LogP contribution in [0.2, 0.25) is 0 Å². The number of hydrogen-bond acceptors (Lipinski definition) is 8. The first-order valence-corrected chi connectivity index (χ1v) is 10.8. The van der Waals surface area contributed by atoms with Crippen molar-refractivity contribution in [3.05, 3.63) is 90.8 Å². The van der Waals surface area contributed by atoms with Gasteiger partial charge in [-0.15, -0.1) is 10.2 Å². The summed E-state index contributed by atoms with van der Waals surface area (Å²) in [5.74, 6) is 0.116. The molecule has 4 aromatic rings. The van der Waals surface area contributed by atoms with Gasteiger partial charge in [0.25, 0.3) is 0 Å². The zero-order valence-electron chi connectivity index (χ0n) is 16.6. The first-order chi connectivity index (χ1) is 15.4. The van der Waals surface area contributed by atoms with Gasteiger partial charge >= 0.3 is 10.3 Å². The molecule has 4 rings (SSSR count). The van der Waals surface area contributed by atoms with Crippen molar-refractivity contribution in [2.45, 2.75) is 6.54 Å². The van der Waals surface area contributed by atoms with Crippen molar-refractivity contribution in [1.82, 2.24) is 19.9 Å². The Morgan fingerprint density at radius 1 is 1.03 bits per heavy atom. The SMILES string of the molecule is N#Cc1ccc(N(Cc2ccc(OS(N)(=O)=O)cc2)n2cnnc2)cc1-c1ccncc1. The van der Waals surface area contributed by atoms with Crippen molar-refractivity contribution in [2.24, 2.45) is 5.14 Å². The molecule has 2 aromatic carbocycles. The number of anilines is 1. The molecule has 11 heteroatoms. The van der Waals surface area contributed by atoms with Crippen molar-refractivity contribution in [3.8, 4) is 22.9 Å². The normalized spacial score (nSPS) is 11.0. The van der Waals surface area contributed by atoms with E-state index >= 15 is 0 Å². The van der Waals surface area contributed by atoms with E-state index < -0.39 is 10.3 Å². The zero-order chi connectivity index (χ0) is 22.6.